The van der Waals surface area contributed by atoms with Gasteiger partial charge in [-0.25, -0.2) is 0 Å². The van der Waals surface area contributed by atoms with Gasteiger partial charge in [-0.1, -0.05) is 33.6 Å². The Morgan fingerprint density at radius 1 is 1.09 bits per heavy atom. The first-order valence-corrected chi connectivity index (χ1v) is 4.00. The molecule has 0 aliphatic heterocycles. The van der Waals surface area contributed by atoms with Crippen molar-refractivity contribution in [3.05, 3.63) is 0 Å². The minimum atomic E-state index is -4.02. The molecule has 11 heavy (non-hydrogen) atoms. The van der Waals surface area contributed by atoms with Crippen molar-refractivity contribution in [1.29, 1.82) is 0 Å². The lowest BCUT2D eigenvalue weighted by atomic mass is 9.89. The van der Waals surface area contributed by atoms with Gasteiger partial charge in [0.25, 0.3) is 0 Å². The standard InChI is InChI=1S/C8H15F3/c1-4-7(5-2)6(3)8(9,10)11/h6-7H,4-5H2,1-3H3. The van der Waals surface area contributed by atoms with Crippen LogP contribution in [0.2, 0.25) is 0 Å². The second-order valence-electron chi connectivity index (χ2n) is 2.91. The average Bonchev–Trinajstić information content (AvgIpc) is 1.88. The molecule has 0 radical (unpaired) electrons. The van der Waals surface area contributed by atoms with Crippen molar-refractivity contribution in [2.75, 3.05) is 0 Å². The smallest absolute Gasteiger partial charge is 0.171 e. The maximum atomic E-state index is 12.1. The predicted octanol–water partition coefficient (Wildman–Crippen LogP) is 3.62. The van der Waals surface area contributed by atoms with Gasteiger partial charge in [0.05, 0.1) is 5.92 Å². The number of alkyl halides is 3. The summed E-state index contributed by atoms with van der Waals surface area (Å²) < 4.78 is 36.2. The van der Waals surface area contributed by atoms with Crippen LogP contribution in [0.3, 0.4) is 0 Å². The van der Waals surface area contributed by atoms with Crippen LogP contribution in [0.4, 0.5) is 13.2 Å². The Balaban J connectivity index is 4.09. The van der Waals surface area contributed by atoms with E-state index in [0.717, 1.165) is 0 Å². The highest BCUT2D eigenvalue weighted by atomic mass is 19.4. The highest BCUT2D eigenvalue weighted by molar-refractivity contribution is 4.70. The monoisotopic (exact) mass is 168 g/mol. The summed E-state index contributed by atoms with van der Waals surface area (Å²) in [5.41, 5.74) is 0. The molecule has 68 valence electrons. The highest BCUT2D eigenvalue weighted by Gasteiger charge is 2.39. The third-order valence-corrected chi connectivity index (χ3v) is 2.27. The normalized spacial score (nSPS) is 15.5. The summed E-state index contributed by atoms with van der Waals surface area (Å²) in [5, 5.41) is 0. The Kier molecular flexibility index (Phi) is 3.90. The Morgan fingerprint density at radius 3 is 1.55 bits per heavy atom. The van der Waals surface area contributed by atoms with E-state index < -0.39 is 12.1 Å². The van der Waals surface area contributed by atoms with E-state index in [1.807, 2.05) is 0 Å². The highest BCUT2D eigenvalue weighted by Crippen LogP contribution is 2.34. The molecule has 0 aromatic carbocycles. The first kappa shape index (κ1) is 10.8. The second-order valence-corrected chi connectivity index (χ2v) is 2.91. The molecule has 0 saturated heterocycles. The Morgan fingerprint density at radius 2 is 1.45 bits per heavy atom. The van der Waals surface area contributed by atoms with Gasteiger partial charge >= 0.3 is 6.18 Å². The van der Waals surface area contributed by atoms with Crippen molar-refractivity contribution in [2.45, 2.75) is 39.8 Å². The summed E-state index contributed by atoms with van der Waals surface area (Å²) in [5.74, 6) is -1.37. The van der Waals surface area contributed by atoms with Crippen LogP contribution in [0.15, 0.2) is 0 Å². The van der Waals surface area contributed by atoms with E-state index in [4.69, 9.17) is 0 Å². The molecule has 0 heterocycles. The van der Waals surface area contributed by atoms with Crippen LogP contribution in [0.1, 0.15) is 33.6 Å². The summed E-state index contributed by atoms with van der Waals surface area (Å²) in [4.78, 5) is 0. The predicted molar refractivity (Wildman–Crippen MR) is 39.3 cm³/mol. The molecule has 0 aliphatic carbocycles. The van der Waals surface area contributed by atoms with Crippen LogP contribution in [-0.2, 0) is 0 Å². The average molecular weight is 168 g/mol. The number of hydrogen-bond acceptors (Lipinski definition) is 0. The lowest BCUT2D eigenvalue weighted by molar-refractivity contribution is -0.184. The van der Waals surface area contributed by atoms with E-state index in [1.165, 1.54) is 6.92 Å². The van der Waals surface area contributed by atoms with E-state index in [1.54, 1.807) is 13.8 Å². The van der Waals surface area contributed by atoms with Crippen LogP contribution in [0, 0.1) is 11.8 Å². The first-order chi connectivity index (χ1) is 4.93. The van der Waals surface area contributed by atoms with Gasteiger partial charge in [-0.2, -0.15) is 13.2 Å². The van der Waals surface area contributed by atoms with Crippen molar-refractivity contribution in [3.8, 4) is 0 Å². The van der Waals surface area contributed by atoms with Gasteiger partial charge in [0.2, 0.25) is 0 Å². The van der Waals surface area contributed by atoms with Crippen molar-refractivity contribution < 1.29 is 13.2 Å². The minimum Gasteiger partial charge on any atom is -0.171 e. The van der Waals surface area contributed by atoms with Gasteiger partial charge in [0.15, 0.2) is 0 Å². The molecule has 0 bridgehead atoms. The lowest BCUT2D eigenvalue weighted by Crippen LogP contribution is -2.26. The van der Waals surface area contributed by atoms with Crippen molar-refractivity contribution in [2.24, 2.45) is 11.8 Å². The molecule has 0 aliphatic rings. The first-order valence-electron chi connectivity index (χ1n) is 4.00. The van der Waals surface area contributed by atoms with E-state index in [9.17, 15) is 13.2 Å². The van der Waals surface area contributed by atoms with Crippen LogP contribution in [0.25, 0.3) is 0 Å². The van der Waals surface area contributed by atoms with Crippen LogP contribution in [-0.4, -0.2) is 6.18 Å². The van der Waals surface area contributed by atoms with Gasteiger partial charge in [-0.05, 0) is 5.92 Å². The molecule has 0 aromatic rings. The summed E-state index contributed by atoms with van der Waals surface area (Å²) >= 11 is 0. The molecule has 0 spiro atoms. The number of halogens is 3. The number of rotatable bonds is 3. The van der Waals surface area contributed by atoms with Gasteiger partial charge in [0.1, 0.15) is 0 Å². The molecule has 3 heteroatoms. The van der Waals surface area contributed by atoms with Gasteiger partial charge in [-0.15, -0.1) is 0 Å². The molecule has 0 saturated carbocycles. The molecule has 0 aromatic heterocycles. The minimum absolute atomic E-state index is 0.213. The second kappa shape index (κ2) is 3.98. The third kappa shape index (κ3) is 3.12. The van der Waals surface area contributed by atoms with E-state index in [2.05, 4.69) is 0 Å². The fraction of sp³-hybridized carbons (Fsp3) is 1.00. The van der Waals surface area contributed by atoms with Crippen molar-refractivity contribution >= 4 is 0 Å². The van der Waals surface area contributed by atoms with Gasteiger partial charge < -0.3 is 0 Å². The summed E-state index contributed by atoms with van der Waals surface area (Å²) in [7, 11) is 0. The van der Waals surface area contributed by atoms with Crippen LogP contribution in [0.5, 0.6) is 0 Å². The van der Waals surface area contributed by atoms with Gasteiger partial charge in [0, 0.05) is 0 Å². The van der Waals surface area contributed by atoms with E-state index in [-0.39, 0.29) is 5.92 Å². The quantitative estimate of drug-likeness (QED) is 0.603. The maximum absolute atomic E-state index is 12.1. The largest absolute Gasteiger partial charge is 0.391 e. The van der Waals surface area contributed by atoms with Crippen LogP contribution < -0.4 is 0 Å². The zero-order valence-corrected chi connectivity index (χ0v) is 7.20. The lowest BCUT2D eigenvalue weighted by Gasteiger charge is -2.23. The Labute approximate surface area is 65.8 Å². The van der Waals surface area contributed by atoms with E-state index in [0.29, 0.717) is 12.8 Å². The molecular formula is C8H15F3. The Bertz CT molecular complexity index is 102. The molecule has 0 amide bonds. The molecular weight excluding hydrogens is 153 g/mol. The zero-order chi connectivity index (χ0) is 9.07. The molecule has 0 fully saturated rings. The van der Waals surface area contributed by atoms with Gasteiger partial charge in [-0.3, -0.25) is 0 Å². The molecule has 0 nitrogen and oxygen atoms in total. The van der Waals surface area contributed by atoms with Crippen LogP contribution >= 0.6 is 0 Å². The number of hydrogen-bond donors (Lipinski definition) is 0. The molecule has 1 unspecified atom stereocenters. The summed E-state index contributed by atoms with van der Waals surface area (Å²) in [6.07, 6.45) is -2.80. The van der Waals surface area contributed by atoms with Crippen molar-refractivity contribution in [1.82, 2.24) is 0 Å². The van der Waals surface area contributed by atoms with Crippen molar-refractivity contribution in [3.63, 3.8) is 0 Å². The Hall–Kier alpha value is -0.210. The maximum Gasteiger partial charge on any atom is 0.391 e. The van der Waals surface area contributed by atoms with E-state index >= 15 is 0 Å². The summed E-state index contributed by atoms with van der Waals surface area (Å²) in [6, 6.07) is 0. The SMILES string of the molecule is CCC(CC)C(C)C(F)(F)F. The molecule has 0 rings (SSSR count). The molecule has 1 atom stereocenters. The fourth-order valence-corrected chi connectivity index (χ4v) is 1.26. The zero-order valence-electron chi connectivity index (χ0n) is 7.20. The summed E-state index contributed by atoms with van der Waals surface area (Å²) in [6.45, 7) is 4.87. The fourth-order valence-electron chi connectivity index (χ4n) is 1.26. The third-order valence-electron chi connectivity index (χ3n) is 2.27. The molecule has 0 N–H and O–H groups in total. The topological polar surface area (TPSA) is 0 Å².